The van der Waals surface area contributed by atoms with Crippen LogP contribution in [0, 0.1) is 0 Å². The molecule has 3 nitrogen and oxygen atoms in total. The first-order chi connectivity index (χ1) is 9.34. The van der Waals surface area contributed by atoms with Crippen LogP contribution in [0.2, 0.25) is 0 Å². The zero-order chi connectivity index (χ0) is 13.1. The highest BCUT2D eigenvalue weighted by Crippen LogP contribution is 2.21. The fraction of sp³-hybridized carbons (Fsp3) is 0.562. The Labute approximate surface area is 115 Å². The summed E-state index contributed by atoms with van der Waals surface area (Å²) in [6.45, 7) is 4.15. The normalized spacial score (nSPS) is 19.8. The molecule has 0 saturated carbocycles. The molecule has 1 amide bonds. The van der Waals surface area contributed by atoms with Gasteiger partial charge < -0.3 is 9.80 Å². The number of benzene rings is 1. The lowest BCUT2D eigenvalue weighted by Crippen LogP contribution is -2.35. The molecule has 0 atom stereocenters. The van der Waals surface area contributed by atoms with Crippen molar-refractivity contribution in [3.63, 3.8) is 0 Å². The summed E-state index contributed by atoms with van der Waals surface area (Å²) in [5.41, 5.74) is 2.09. The average molecular weight is 258 g/mol. The molecule has 0 bridgehead atoms. The van der Waals surface area contributed by atoms with Gasteiger partial charge in [0.1, 0.15) is 0 Å². The Kier molecular flexibility index (Phi) is 3.72. The Bertz CT molecular complexity index is 429. The highest BCUT2D eigenvalue weighted by Gasteiger charge is 2.18. The van der Waals surface area contributed by atoms with Gasteiger partial charge in [-0.3, -0.25) is 4.79 Å². The van der Waals surface area contributed by atoms with Crippen LogP contribution in [0.1, 0.15) is 42.5 Å². The Morgan fingerprint density at radius 3 is 2.00 bits per heavy atom. The zero-order valence-electron chi connectivity index (χ0n) is 11.5. The van der Waals surface area contributed by atoms with Crippen molar-refractivity contribution in [1.29, 1.82) is 0 Å². The molecule has 2 heterocycles. The maximum absolute atomic E-state index is 12.3. The predicted molar refractivity (Wildman–Crippen MR) is 77.6 cm³/mol. The van der Waals surface area contributed by atoms with E-state index in [4.69, 9.17) is 0 Å². The van der Waals surface area contributed by atoms with E-state index in [1.54, 1.807) is 0 Å². The number of likely N-dealkylation sites (tertiary alicyclic amines) is 1. The molecule has 2 saturated heterocycles. The standard InChI is InChI=1S/C16H22N2O/c19-16(18-12-2-1-3-13-18)14-6-8-15(9-7-14)17-10-4-5-11-17/h6-9H,1-5,10-13H2. The van der Waals surface area contributed by atoms with Crippen molar-refractivity contribution < 1.29 is 4.79 Å². The van der Waals surface area contributed by atoms with Gasteiger partial charge in [-0.2, -0.15) is 0 Å². The number of piperidine rings is 1. The summed E-state index contributed by atoms with van der Waals surface area (Å²) in [6.07, 6.45) is 6.13. The van der Waals surface area contributed by atoms with Gasteiger partial charge in [0.15, 0.2) is 0 Å². The van der Waals surface area contributed by atoms with E-state index in [0.29, 0.717) is 0 Å². The summed E-state index contributed by atoms with van der Waals surface area (Å²) in [4.78, 5) is 16.7. The van der Waals surface area contributed by atoms with Gasteiger partial charge in [0.05, 0.1) is 0 Å². The molecule has 0 aromatic heterocycles. The fourth-order valence-corrected chi connectivity index (χ4v) is 3.07. The maximum atomic E-state index is 12.3. The van der Waals surface area contributed by atoms with Crippen LogP contribution in [0.5, 0.6) is 0 Å². The number of hydrogen-bond donors (Lipinski definition) is 0. The van der Waals surface area contributed by atoms with Gasteiger partial charge in [-0.1, -0.05) is 0 Å². The van der Waals surface area contributed by atoms with Crippen molar-refractivity contribution in [3.8, 4) is 0 Å². The minimum Gasteiger partial charge on any atom is -0.372 e. The number of rotatable bonds is 2. The quantitative estimate of drug-likeness (QED) is 0.814. The number of hydrogen-bond acceptors (Lipinski definition) is 2. The van der Waals surface area contributed by atoms with Crippen LogP contribution < -0.4 is 4.90 Å². The minimum absolute atomic E-state index is 0.202. The van der Waals surface area contributed by atoms with Crippen LogP contribution >= 0.6 is 0 Å². The second-order valence-electron chi connectivity index (χ2n) is 5.59. The molecule has 0 aliphatic carbocycles. The molecule has 0 N–H and O–H groups in total. The number of carbonyl (C=O) groups is 1. The Hall–Kier alpha value is -1.51. The van der Waals surface area contributed by atoms with E-state index in [1.807, 2.05) is 17.0 Å². The van der Waals surface area contributed by atoms with Gasteiger partial charge in [0.2, 0.25) is 0 Å². The second-order valence-corrected chi connectivity index (χ2v) is 5.59. The maximum Gasteiger partial charge on any atom is 0.253 e. The van der Waals surface area contributed by atoms with Crippen molar-refractivity contribution in [2.45, 2.75) is 32.1 Å². The van der Waals surface area contributed by atoms with E-state index in [1.165, 1.54) is 24.9 Å². The van der Waals surface area contributed by atoms with E-state index in [9.17, 15) is 4.79 Å². The molecule has 3 rings (SSSR count). The Morgan fingerprint density at radius 1 is 0.789 bits per heavy atom. The smallest absolute Gasteiger partial charge is 0.253 e. The fourth-order valence-electron chi connectivity index (χ4n) is 3.07. The first-order valence-corrected chi connectivity index (χ1v) is 7.49. The van der Waals surface area contributed by atoms with E-state index in [2.05, 4.69) is 17.0 Å². The monoisotopic (exact) mass is 258 g/mol. The lowest BCUT2D eigenvalue weighted by atomic mass is 10.1. The number of amides is 1. The van der Waals surface area contributed by atoms with Crippen LogP contribution in [0.4, 0.5) is 5.69 Å². The molecular formula is C16H22N2O. The number of anilines is 1. The summed E-state index contributed by atoms with van der Waals surface area (Å²) in [5.74, 6) is 0.202. The highest BCUT2D eigenvalue weighted by molar-refractivity contribution is 5.94. The Morgan fingerprint density at radius 2 is 1.37 bits per heavy atom. The van der Waals surface area contributed by atoms with E-state index in [-0.39, 0.29) is 5.91 Å². The predicted octanol–water partition coefficient (Wildman–Crippen LogP) is 2.91. The topological polar surface area (TPSA) is 23.6 Å². The molecule has 3 heteroatoms. The summed E-state index contributed by atoms with van der Waals surface area (Å²) in [6, 6.07) is 8.18. The third-order valence-corrected chi connectivity index (χ3v) is 4.23. The second kappa shape index (κ2) is 5.64. The van der Waals surface area contributed by atoms with Crippen molar-refractivity contribution in [2.24, 2.45) is 0 Å². The SMILES string of the molecule is O=C(c1ccc(N2CCCC2)cc1)N1CCCCC1. The minimum atomic E-state index is 0.202. The van der Waals surface area contributed by atoms with Crippen molar-refractivity contribution in [2.75, 3.05) is 31.1 Å². The van der Waals surface area contributed by atoms with E-state index >= 15 is 0 Å². The molecule has 0 radical (unpaired) electrons. The molecular weight excluding hydrogens is 236 g/mol. The molecule has 2 fully saturated rings. The third-order valence-electron chi connectivity index (χ3n) is 4.23. The first-order valence-electron chi connectivity index (χ1n) is 7.49. The van der Waals surface area contributed by atoms with Crippen LogP contribution in [0.15, 0.2) is 24.3 Å². The molecule has 2 aliphatic heterocycles. The van der Waals surface area contributed by atoms with Crippen molar-refractivity contribution in [1.82, 2.24) is 4.90 Å². The number of nitrogens with zero attached hydrogens (tertiary/aromatic N) is 2. The lowest BCUT2D eigenvalue weighted by molar-refractivity contribution is 0.0724. The van der Waals surface area contributed by atoms with Gasteiger partial charge >= 0.3 is 0 Å². The summed E-state index contributed by atoms with van der Waals surface area (Å²) in [7, 11) is 0. The Balaban J connectivity index is 1.69. The summed E-state index contributed by atoms with van der Waals surface area (Å²) in [5, 5.41) is 0. The molecule has 1 aromatic rings. The molecule has 2 aliphatic rings. The molecule has 1 aromatic carbocycles. The van der Waals surface area contributed by atoms with Gasteiger partial charge in [0.25, 0.3) is 5.91 Å². The van der Waals surface area contributed by atoms with Gasteiger partial charge in [-0.15, -0.1) is 0 Å². The van der Waals surface area contributed by atoms with Gasteiger partial charge in [-0.25, -0.2) is 0 Å². The van der Waals surface area contributed by atoms with E-state index < -0.39 is 0 Å². The van der Waals surface area contributed by atoms with Crippen LogP contribution in [0.3, 0.4) is 0 Å². The van der Waals surface area contributed by atoms with Crippen LogP contribution in [0.25, 0.3) is 0 Å². The summed E-state index contributed by atoms with van der Waals surface area (Å²) >= 11 is 0. The molecule has 102 valence electrons. The molecule has 19 heavy (non-hydrogen) atoms. The summed E-state index contributed by atoms with van der Waals surface area (Å²) < 4.78 is 0. The lowest BCUT2D eigenvalue weighted by Gasteiger charge is -2.27. The van der Waals surface area contributed by atoms with Crippen LogP contribution in [-0.2, 0) is 0 Å². The van der Waals surface area contributed by atoms with Crippen LogP contribution in [-0.4, -0.2) is 37.0 Å². The number of carbonyl (C=O) groups excluding carboxylic acids is 1. The van der Waals surface area contributed by atoms with Crippen molar-refractivity contribution in [3.05, 3.63) is 29.8 Å². The van der Waals surface area contributed by atoms with Crippen molar-refractivity contribution >= 4 is 11.6 Å². The average Bonchev–Trinajstić information content (AvgIpc) is 3.02. The highest BCUT2D eigenvalue weighted by atomic mass is 16.2. The molecule has 0 unspecified atom stereocenters. The van der Waals surface area contributed by atoms with Gasteiger partial charge in [-0.05, 0) is 56.4 Å². The van der Waals surface area contributed by atoms with Gasteiger partial charge in [0, 0.05) is 37.4 Å². The zero-order valence-corrected chi connectivity index (χ0v) is 11.5. The first kappa shape index (κ1) is 12.5. The van der Waals surface area contributed by atoms with E-state index in [0.717, 1.165) is 44.6 Å². The third kappa shape index (κ3) is 2.75. The molecule has 0 spiro atoms. The largest absolute Gasteiger partial charge is 0.372 e.